The first-order valence-corrected chi connectivity index (χ1v) is 8.16. The third-order valence-electron chi connectivity index (χ3n) is 4.20. The summed E-state index contributed by atoms with van der Waals surface area (Å²) in [4.78, 5) is 0.719. The number of benzene rings is 3. The van der Waals surface area contributed by atoms with Crippen LogP contribution in [-0.4, -0.2) is 0 Å². The van der Waals surface area contributed by atoms with Crippen LogP contribution in [0.1, 0.15) is 16.7 Å². The minimum absolute atomic E-state index is 0.0189. The Labute approximate surface area is 153 Å². The average molecular weight is 377 g/mol. The fourth-order valence-electron chi connectivity index (χ4n) is 2.88. The van der Waals surface area contributed by atoms with Gasteiger partial charge in [0.05, 0.1) is 11.4 Å². The zero-order valence-electron chi connectivity index (χ0n) is 14.9. The molecule has 0 aliphatic carbocycles. The molecule has 0 fully saturated rings. The van der Waals surface area contributed by atoms with Crippen molar-refractivity contribution >= 4 is 17.1 Å². The van der Waals surface area contributed by atoms with Gasteiger partial charge in [-0.25, -0.2) is 22.0 Å². The highest BCUT2D eigenvalue weighted by Crippen LogP contribution is 2.41. The van der Waals surface area contributed by atoms with Gasteiger partial charge in [-0.1, -0.05) is 6.07 Å². The zero-order valence-corrected chi connectivity index (χ0v) is 14.9. The van der Waals surface area contributed by atoms with Crippen molar-refractivity contribution in [2.24, 2.45) is 0 Å². The summed E-state index contributed by atoms with van der Waals surface area (Å²) in [6.07, 6.45) is 0. The smallest absolute Gasteiger partial charge is 0.150 e. The standard InChI is InChI=1S/C21H16F5N/c1-11-4-5-19(15(23)6-11)27(20-10-14(22)13(3)9-16(20)24)21-17(25)7-12(2)8-18(21)26/h4-10H,1-3H3. The fourth-order valence-corrected chi connectivity index (χ4v) is 2.88. The van der Waals surface area contributed by atoms with E-state index in [1.807, 2.05) is 0 Å². The SMILES string of the molecule is Cc1ccc(N(c2cc(F)c(C)cc2F)c2c(F)cc(C)cc2F)c(F)c1. The molecule has 6 heteroatoms. The molecule has 27 heavy (non-hydrogen) atoms. The summed E-state index contributed by atoms with van der Waals surface area (Å²) in [5, 5.41) is 0. The number of hydrogen-bond acceptors (Lipinski definition) is 1. The Bertz CT molecular complexity index is 1010. The minimum atomic E-state index is -1.02. The van der Waals surface area contributed by atoms with Crippen LogP contribution >= 0.6 is 0 Å². The second-order valence-electron chi connectivity index (χ2n) is 6.42. The molecule has 0 saturated heterocycles. The van der Waals surface area contributed by atoms with E-state index in [1.54, 1.807) is 6.92 Å². The maximum Gasteiger partial charge on any atom is 0.150 e. The van der Waals surface area contributed by atoms with E-state index >= 15 is 0 Å². The molecule has 0 spiro atoms. The van der Waals surface area contributed by atoms with E-state index in [0.29, 0.717) is 11.1 Å². The predicted molar refractivity (Wildman–Crippen MR) is 95.1 cm³/mol. The first kappa shape index (κ1) is 18.9. The monoisotopic (exact) mass is 377 g/mol. The number of nitrogens with zero attached hydrogens (tertiary/aromatic N) is 1. The normalized spacial score (nSPS) is 11.0. The largest absolute Gasteiger partial charge is 0.299 e. The second kappa shape index (κ2) is 7.02. The molecule has 3 aromatic carbocycles. The molecule has 0 N–H and O–H groups in total. The van der Waals surface area contributed by atoms with Crippen LogP contribution < -0.4 is 4.90 Å². The zero-order chi connectivity index (χ0) is 19.9. The van der Waals surface area contributed by atoms with E-state index in [9.17, 15) is 22.0 Å². The molecule has 3 aromatic rings. The summed E-state index contributed by atoms with van der Waals surface area (Å²) >= 11 is 0. The Morgan fingerprint density at radius 3 is 1.70 bits per heavy atom. The Hall–Kier alpha value is -2.89. The van der Waals surface area contributed by atoms with Crippen LogP contribution in [0.3, 0.4) is 0 Å². The van der Waals surface area contributed by atoms with Gasteiger partial charge in [-0.2, -0.15) is 0 Å². The molecule has 0 atom stereocenters. The summed E-state index contributed by atoms with van der Waals surface area (Å²) in [5.74, 6) is -4.58. The Balaban J connectivity index is 2.37. The van der Waals surface area contributed by atoms with Gasteiger partial charge < -0.3 is 0 Å². The van der Waals surface area contributed by atoms with E-state index in [-0.39, 0.29) is 11.3 Å². The van der Waals surface area contributed by atoms with Crippen molar-refractivity contribution in [1.29, 1.82) is 0 Å². The molecular weight excluding hydrogens is 361 g/mol. The van der Waals surface area contributed by atoms with Crippen LogP contribution in [0, 0.1) is 49.9 Å². The summed E-state index contributed by atoms with van der Waals surface area (Å²) < 4.78 is 72.6. The summed E-state index contributed by atoms with van der Waals surface area (Å²) in [6.45, 7) is 4.47. The van der Waals surface area contributed by atoms with Crippen LogP contribution in [0.15, 0.2) is 42.5 Å². The molecule has 0 heterocycles. The van der Waals surface area contributed by atoms with Crippen LogP contribution in [0.25, 0.3) is 0 Å². The Morgan fingerprint density at radius 2 is 1.11 bits per heavy atom. The van der Waals surface area contributed by atoms with Crippen molar-refractivity contribution in [2.45, 2.75) is 20.8 Å². The van der Waals surface area contributed by atoms with Crippen molar-refractivity contribution in [2.75, 3.05) is 4.90 Å². The van der Waals surface area contributed by atoms with E-state index in [2.05, 4.69) is 0 Å². The number of halogens is 5. The molecule has 0 aliphatic rings. The number of aryl methyl sites for hydroxylation is 3. The van der Waals surface area contributed by atoms with Gasteiger partial charge >= 0.3 is 0 Å². The molecule has 0 radical (unpaired) electrons. The highest BCUT2D eigenvalue weighted by Gasteiger charge is 2.26. The molecule has 1 nitrogen and oxygen atoms in total. The van der Waals surface area contributed by atoms with Crippen LogP contribution in [0.4, 0.5) is 39.0 Å². The number of anilines is 3. The van der Waals surface area contributed by atoms with Gasteiger partial charge in [0, 0.05) is 6.07 Å². The third-order valence-corrected chi connectivity index (χ3v) is 4.20. The lowest BCUT2D eigenvalue weighted by Crippen LogP contribution is -2.17. The number of rotatable bonds is 3. The van der Waals surface area contributed by atoms with Crippen LogP contribution in [0.5, 0.6) is 0 Å². The van der Waals surface area contributed by atoms with Crippen molar-refractivity contribution in [3.63, 3.8) is 0 Å². The molecule has 140 valence electrons. The lowest BCUT2D eigenvalue weighted by Gasteiger charge is -2.27. The van der Waals surface area contributed by atoms with Gasteiger partial charge in [0.1, 0.15) is 34.8 Å². The Kier molecular flexibility index (Phi) is 4.91. The van der Waals surface area contributed by atoms with Crippen molar-refractivity contribution < 1.29 is 22.0 Å². The van der Waals surface area contributed by atoms with Gasteiger partial charge in [-0.3, -0.25) is 4.90 Å². The lowest BCUT2D eigenvalue weighted by atomic mass is 10.1. The molecule has 0 amide bonds. The molecular formula is C21H16F5N. The van der Waals surface area contributed by atoms with Gasteiger partial charge in [-0.15, -0.1) is 0 Å². The molecule has 3 rings (SSSR count). The Morgan fingerprint density at radius 1 is 0.556 bits per heavy atom. The second-order valence-corrected chi connectivity index (χ2v) is 6.42. The van der Waals surface area contributed by atoms with Gasteiger partial charge in [0.25, 0.3) is 0 Å². The van der Waals surface area contributed by atoms with Gasteiger partial charge in [0.15, 0.2) is 0 Å². The molecule has 0 saturated carbocycles. The van der Waals surface area contributed by atoms with Crippen molar-refractivity contribution in [1.82, 2.24) is 0 Å². The van der Waals surface area contributed by atoms with Crippen LogP contribution in [0.2, 0.25) is 0 Å². The fraction of sp³-hybridized carbons (Fsp3) is 0.143. The van der Waals surface area contributed by atoms with Crippen molar-refractivity contribution in [3.05, 3.63) is 88.2 Å². The van der Waals surface area contributed by atoms with Crippen LogP contribution in [-0.2, 0) is 0 Å². The minimum Gasteiger partial charge on any atom is -0.299 e. The predicted octanol–water partition coefficient (Wildman–Crippen LogP) is 6.78. The van der Waals surface area contributed by atoms with Gasteiger partial charge in [0.2, 0.25) is 0 Å². The highest BCUT2D eigenvalue weighted by molar-refractivity contribution is 5.78. The van der Waals surface area contributed by atoms with E-state index in [1.165, 1.54) is 26.0 Å². The average Bonchev–Trinajstić information content (AvgIpc) is 2.55. The molecule has 0 unspecified atom stereocenters. The summed E-state index contributed by atoms with van der Waals surface area (Å²) in [5.41, 5.74) is -0.604. The molecule has 0 aromatic heterocycles. The maximum atomic E-state index is 14.6. The maximum absolute atomic E-state index is 14.6. The topological polar surface area (TPSA) is 3.24 Å². The quantitative estimate of drug-likeness (QED) is 0.455. The molecule has 0 bridgehead atoms. The van der Waals surface area contributed by atoms with E-state index in [4.69, 9.17) is 0 Å². The first-order valence-electron chi connectivity index (χ1n) is 8.16. The highest BCUT2D eigenvalue weighted by atomic mass is 19.1. The first-order chi connectivity index (χ1) is 12.7. The lowest BCUT2D eigenvalue weighted by molar-refractivity contribution is 0.573. The number of hydrogen-bond donors (Lipinski definition) is 0. The summed E-state index contributed by atoms with van der Waals surface area (Å²) in [6, 6.07) is 7.70. The van der Waals surface area contributed by atoms with E-state index < -0.39 is 40.5 Å². The summed E-state index contributed by atoms with van der Waals surface area (Å²) in [7, 11) is 0. The molecule has 0 aliphatic heterocycles. The van der Waals surface area contributed by atoms with Gasteiger partial charge in [-0.05, 0) is 67.8 Å². The third kappa shape index (κ3) is 3.52. The van der Waals surface area contributed by atoms with Crippen molar-refractivity contribution in [3.8, 4) is 0 Å². The van der Waals surface area contributed by atoms with E-state index in [0.717, 1.165) is 35.2 Å².